The number of rotatable bonds is 4. The quantitative estimate of drug-likeness (QED) is 0.859. The number of hydrogen-bond acceptors (Lipinski definition) is 4. The second-order valence-corrected chi connectivity index (χ2v) is 6.78. The Balaban J connectivity index is 1.61. The Hall–Kier alpha value is -2.43. The fourth-order valence-corrected chi connectivity index (χ4v) is 3.28. The van der Waals surface area contributed by atoms with Gasteiger partial charge in [0.25, 0.3) is 0 Å². The van der Waals surface area contributed by atoms with Crippen LogP contribution in [-0.4, -0.2) is 40.0 Å². The zero-order valence-electron chi connectivity index (χ0n) is 15.2. The van der Waals surface area contributed by atoms with Crippen LogP contribution in [0.3, 0.4) is 0 Å². The molecule has 1 aromatic heterocycles. The molecule has 132 valence electrons. The number of benzene rings is 1. The lowest BCUT2D eigenvalue weighted by molar-refractivity contribution is -0.133. The minimum absolute atomic E-state index is 0.0103. The molecule has 25 heavy (non-hydrogen) atoms. The normalized spacial score (nSPS) is 17.4. The molecule has 1 aliphatic rings. The van der Waals surface area contributed by atoms with E-state index in [1.165, 1.54) is 5.56 Å². The molecule has 0 aliphatic carbocycles. The summed E-state index contributed by atoms with van der Waals surface area (Å²) >= 11 is 0. The van der Waals surface area contributed by atoms with Gasteiger partial charge in [0.1, 0.15) is 11.9 Å². The van der Waals surface area contributed by atoms with Crippen molar-refractivity contribution in [1.29, 1.82) is 0 Å². The first-order valence-electron chi connectivity index (χ1n) is 8.82. The second kappa shape index (κ2) is 7.64. The van der Waals surface area contributed by atoms with Crippen molar-refractivity contribution < 1.29 is 9.53 Å². The Labute approximate surface area is 149 Å². The lowest BCUT2D eigenvalue weighted by Gasteiger charge is -2.32. The third-order valence-corrected chi connectivity index (χ3v) is 4.40. The van der Waals surface area contributed by atoms with Gasteiger partial charge in [0.15, 0.2) is 0 Å². The van der Waals surface area contributed by atoms with Crippen molar-refractivity contribution >= 4 is 5.91 Å². The number of aromatic nitrogens is 2. The predicted molar refractivity (Wildman–Crippen MR) is 96.6 cm³/mol. The van der Waals surface area contributed by atoms with Crippen molar-refractivity contribution in [1.82, 2.24) is 14.9 Å². The summed E-state index contributed by atoms with van der Waals surface area (Å²) in [6.45, 7) is 7.25. The monoisotopic (exact) mass is 339 g/mol. The van der Waals surface area contributed by atoms with E-state index < -0.39 is 0 Å². The number of carbonyl (C=O) groups excluding carboxylic acids is 1. The number of amides is 1. The fourth-order valence-electron chi connectivity index (χ4n) is 3.28. The number of ether oxygens (including phenoxy) is 1. The summed E-state index contributed by atoms with van der Waals surface area (Å²) in [5.74, 6) is 1.47. The maximum atomic E-state index is 12.6. The molecule has 1 amide bonds. The lowest BCUT2D eigenvalue weighted by Crippen LogP contribution is -2.45. The summed E-state index contributed by atoms with van der Waals surface area (Å²) < 4.78 is 6.02. The van der Waals surface area contributed by atoms with Crippen molar-refractivity contribution in [3.63, 3.8) is 0 Å². The highest BCUT2D eigenvalue weighted by Gasteiger charge is 2.25. The Morgan fingerprint density at radius 3 is 2.84 bits per heavy atom. The molecule has 3 rings (SSSR count). The van der Waals surface area contributed by atoms with Crippen molar-refractivity contribution in [3.8, 4) is 5.88 Å². The van der Waals surface area contributed by atoms with Crippen LogP contribution in [0, 0.1) is 20.8 Å². The molecule has 0 N–H and O–H groups in total. The summed E-state index contributed by atoms with van der Waals surface area (Å²) in [7, 11) is 0. The van der Waals surface area contributed by atoms with Crippen molar-refractivity contribution in [2.24, 2.45) is 0 Å². The van der Waals surface area contributed by atoms with Crippen LogP contribution in [0.2, 0.25) is 0 Å². The van der Waals surface area contributed by atoms with Gasteiger partial charge in [-0.2, -0.15) is 4.98 Å². The van der Waals surface area contributed by atoms with Gasteiger partial charge in [-0.1, -0.05) is 29.8 Å². The Morgan fingerprint density at radius 1 is 1.24 bits per heavy atom. The average molecular weight is 339 g/mol. The molecule has 0 bridgehead atoms. The zero-order chi connectivity index (χ0) is 17.8. The van der Waals surface area contributed by atoms with Gasteiger partial charge in [-0.15, -0.1) is 0 Å². The number of carbonyl (C=O) groups is 1. The minimum Gasteiger partial charge on any atom is -0.472 e. The number of hydrogen-bond donors (Lipinski definition) is 0. The van der Waals surface area contributed by atoms with Gasteiger partial charge in [-0.25, -0.2) is 4.98 Å². The molecule has 1 fully saturated rings. The second-order valence-electron chi connectivity index (χ2n) is 6.78. The Morgan fingerprint density at radius 2 is 2.08 bits per heavy atom. The zero-order valence-corrected chi connectivity index (χ0v) is 15.2. The van der Waals surface area contributed by atoms with Crippen LogP contribution in [0.1, 0.15) is 35.5 Å². The first-order valence-corrected chi connectivity index (χ1v) is 8.82. The van der Waals surface area contributed by atoms with E-state index in [1.807, 2.05) is 49.9 Å². The van der Waals surface area contributed by atoms with Crippen LogP contribution in [0.4, 0.5) is 0 Å². The molecule has 5 heteroatoms. The number of piperidine rings is 1. The summed E-state index contributed by atoms with van der Waals surface area (Å²) in [5, 5.41) is 0. The molecular formula is C20H25N3O2. The highest BCUT2D eigenvalue weighted by atomic mass is 16.5. The molecule has 5 nitrogen and oxygen atoms in total. The number of likely N-dealkylation sites (tertiary alicyclic amines) is 1. The van der Waals surface area contributed by atoms with Crippen molar-refractivity contribution in [2.45, 2.75) is 46.1 Å². The number of aryl methyl sites for hydroxylation is 3. The van der Waals surface area contributed by atoms with Gasteiger partial charge in [-0.3, -0.25) is 4.79 Å². The van der Waals surface area contributed by atoms with E-state index in [4.69, 9.17) is 4.74 Å². The molecular weight excluding hydrogens is 314 g/mol. The molecule has 2 aromatic rings. The van der Waals surface area contributed by atoms with Gasteiger partial charge in [0.2, 0.25) is 11.8 Å². The van der Waals surface area contributed by atoms with Crippen molar-refractivity contribution in [3.05, 3.63) is 53.0 Å². The minimum atomic E-state index is -0.0103. The van der Waals surface area contributed by atoms with Crippen LogP contribution in [0.25, 0.3) is 0 Å². The fraction of sp³-hybridized carbons (Fsp3) is 0.450. The first-order chi connectivity index (χ1) is 12.0. The molecule has 0 spiro atoms. The third kappa shape index (κ3) is 4.78. The highest BCUT2D eigenvalue weighted by Crippen LogP contribution is 2.18. The first kappa shape index (κ1) is 17.4. The molecule has 0 saturated carbocycles. The maximum absolute atomic E-state index is 12.6. The van der Waals surface area contributed by atoms with Crippen LogP contribution in [0.15, 0.2) is 30.3 Å². The van der Waals surface area contributed by atoms with Crippen LogP contribution in [0.5, 0.6) is 5.88 Å². The van der Waals surface area contributed by atoms with Gasteiger partial charge in [0, 0.05) is 18.3 Å². The Kier molecular flexibility index (Phi) is 5.31. The maximum Gasteiger partial charge on any atom is 0.227 e. The third-order valence-electron chi connectivity index (χ3n) is 4.40. The average Bonchev–Trinajstić information content (AvgIpc) is 2.54. The van der Waals surface area contributed by atoms with E-state index in [-0.39, 0.29) is 12.0 Å². The van der Waals surface area contributed by atoms with Crippen LogP contribution >= 0.6 is 0 Å². The summed E-state index contributed by atoms with van der Waals surface area (Å²) in [5.41, 5.74) is 3.14. The van der Waals surface area contributed by atoms with Crippen molar-refractivity contribution in [2.75, 3.05) is 13.1 Å². The topological polar surface area (TPSA) is 55.3 Å². The van der Waals surface area contributed by atoms with E-state index in [9.17, 15) is 4.79 Å². The predicted octanol–water partition coefficient (Wildman–Crippen LogP) is 3.01. The standard InChI is InChI=1S/C20H25N3O2/c1-14-6-4-7-17(10-14)12-20(24)23-9-5-8-18(13-23)25-19-11-15(2)21-16(3)22-19/h4,6-7,10-11,18H,5,8-9,12-13H2,1-3H3. The molecule has 1 aromatic carbocycles. The number of nitrogens with zero attached hydrogens (tertiary/aromatic N) is 3. The molecule has 1 atom stereocenters. The van der Waals surface area contributed by atoms with E-state index >= 15 is 0 Å². The summed E-state index contributed by atoms with van der Waals surface area (Å²) in [6, 6.07) is 9.97. The van der Waals surface area contributed by atoms with Crippen LogP contribution in [-0.2, 0) is 11.2 Å². The molecule has 2 heterocycles. The summed E-state index contributed by atoms with van der Waals surface area (Å²) in [6.07, 6.45) is 2.33. The SMILES string of the molecule is Cc1cccc(CC(=O)N2CCCC(Oc3cc(C)nc(C)n3)C2)c1. The summed E-state index contributed by atoms with van der Waals surface area (Å²) in [4.78, 5) is 23.2. The van der Waals surface area contributed by atoms with Crippen LogP contribution < -0.4 is 4.74 Å². The van der Waals surface area contributed by atoms with Gasteiger partial charge in [-0.05, 0) is 39.2 Å². The molecule has 0 radical (unpaired) electrons. The van der Waals surface area contributed by atoms with Gasteiger partial charge in [0.05, 0.1) is 13.0 Å². The largest absolute Gasteiger partial charge is 0.472 e. The molecule has 1 unspecified atom stereocenters. The van der Waals surface area contributed by atoms with E-state index in [0.717, 1.165) is 30.6 Å². The van der Waals surface area contributed by atoms with E-state index in [0.29, 0.717) is 24.7 Å². The smallest absolute Gasteiger partial charge is 0.227 e. The van der Waals surface area contributed by atoms with E-state index in [2.05, 4.69) is 16.0 Å². The molecule has 1 aliphatic heterocycles. The van der Waals surface area contributed by atoms with Gasteiger partial charge < -0.3 is 9.64 Å². The van der Waals surface area contributed by atoms with Gasteiger partial charge >= 0.3 is 0 Å². The highest BCUT2D eigenvalue weighted by molar-refractivity contribution is 5.79. The lowest BCUT2D eigenvalue weighted by atomic mass is 10.1. The Bertz CT molecular complexity index is 740. The molecule has 1 saturated heterocycles. The van der Waals surface area contributed by atoms with E-state index in [1.54, 1.807) is 0 Å².